The normalized spacial score (nSPS) is 11.9. The first-order chi connectivity index (χ1) is 14.2. The third-order valence-electron chi connectivity index (χ3n) is 4.86. The Bertz CT molecular complexity index is 1060. The zero-order chi connectivity index (χ0) is 20.2. The van der Waals surface area contributed by atoms with Crippen molar-refractivity contribution < 1.29 is 9.32 Å². The van der Waals surface area contributed by atoms with Crippen molar-refractivity contribution in [3.63, 3.8) is 0 Å². The van der Waals surface area contributed by atoms with Crippen LogP contribution in [-0.4, -0.2) is 25.8 Å². The number of carbonyl (C=O) groups is 1. The Morgan fingerprint density at radius 2 is 1.86 bits per heavy atom. The fourth-order valence-electron chi connectivity index (χ4n) is 3.29. The highest BCUT2D eigenvalue weighted by Gasteiger charge is 2.22. The Hall–Kier alpha value is -3.74. The van der Waals surface area contributed by atoms with Gasteiger partial charge in [-0.3, -0.25) is 14.5 Å². The molecular formula is C22H21N5O2. The second-order valence-corrected chi connectivity index (χ2v) is 6.63. The van der Waals surface area contributed by atoms with Crippen LogP contribution in [0.3, 0.4) is 0 Å². The van der Waals surface area contributed by atoms with Gasteiger partial charge in [0.05, 0.1) is 12.2 Å². The van der Waals surface area contributed by atoms with Crippen molar-refractivity contribution in [2.45, 2.75) is 26.4 Å². The quantitative estimate of drug-likeness (QED) is 0.544. The van der Waals surface area contributed by atoms with Gasteiger partial charge in [0, 0.05) is 36.3 Å². The summed E-state index contributed by atoms with van der Waals surface area (Å²) in [4.78, 5) is 17.0. The monoisotopic (exact) mass is 387 g/mol. The third-order valence-corrected chi connectivity index (χ3v) is 4.86. The Balaban J connectivity index is 1.60. The molecule has 146 valence electrons. The smallest absolute Gasteiger partial charge is 0.290 e. The molecule has 7 nitrogen and oxygen atoms in total. The fraction of sp³-hybridized carbons (Fsp3) is 0.182. The number of hydrogen-bond acceptors (Lipinski definition) is 5. The third kappa shape index (κ3) is 3.80. The van der Waals surface area contributed by atoms with Crippen molar-refractivity contribution in [3.05, 3.63) is 89.7 Å². The van der Waals surface area contributed by atoms with E-state index in [4.69, 9.17) is 4.52 Å². The second-order valence-electron chi connectivity index (χ2n) is 6.63. The van der Waals surface area contributed by atoms with Gasteiger partial charge in [0.15, 0.2) is 0 Å². The van der Waals surface area contributed by atoms with E-state index in [1.54, 1.807) is 24.7 Å². The van der Waals surface area contributed by atoms with E-state index in [0.717, 1.165) is 28.9 Å². The van der Waals surface area contributed by atoms with Gasteiger partial charge in [0.2, 0.25) is 5.76 Å². The molecule has 0 spiro atoms. The summed E-state index contributed by atoms with van der Waals surface area (Å²) in [7, 11) is 0. The molecule has 7 heteroatoms. The highest BCUT2D eigenvalue weighted by Crippen LogP contribution is 2.25. The minimum absolute atomic E-state index is 0.152. The van der Waals surface area contributed by atoms with Crippen LogP contribution in [0.4, 0.5) is 0 Å². The maximum Gasteiger partial charge on any atom is 0.290 e. The lowest BCUT2D eigenvalue weighted by molar-refractivity contribution is 0.0906. The SMILES string of the molecule is CCn1ncc(-c2cc(C(=O)NC(c3ccccc3)c3ccncc3)on2)c1C. The zero-order valence-electron chi connectivity index (χ0n) is 16.2. The van der Waals surface area contributed by atoms with Crippen molar-refractivity contribution in [1.82, 2.24) is 25.2 Å². The summed E-state index contributed by atoms with van der Waals surface area (Å²) in [6, 6.07) is 14.8. The van der Waals surface area contributed by atoms with Crippen LogP contribution in [0.1, 0.15) is 40.3 Å². The highest BCUT2D eigenvalue weighted by molar-refractivity contribution is 5.93. The van der Waals surface area contributed by atoms with Crippen LogP contribution < -0.4 is 5.32 Å². The Morgan fingerprint density at radius 3 is 2.55 bits per heavy atom. The number of nitrogens with zero attached hydrogens (tertiary/aromatic N) is 4. The molecule has 0 aliphatic heterocycles. The number of rotatable bonds is 6. The van der Waals surface area contributed by atoms with Crippen molar-refractivity contribution in [2.75, 3.05) is 0 Å². The largest absolute Gasteiger partial charge is 0.350 e. The first-order valence-corrected chi connectivity index (χ1v) is 9.42. The summed E-state index contributed by atoms with van der Waals surface area (Å²) in [5.41, 5.74) is 4.31. The number of amides is 1. The Morgan fingerprint density at radius 1 is 1.14 bits per heavy atom. The summed E-state index contributed by atoms with van der Waals surface area (Å²) in [6.07, 6.45) is 5.15. The van der Waals surface area contributed by atoms with Crippen molar-refractivity contribution in [2.24, 2.45) is 0 Å². The molecule has 1 atom stereocenters. The molecule has 3 heterocycles. The van der Waals surface area contributed by atoms with Gasteiger partial charge in [0.25, 0.3) is 5.91 Å². The molecule has 4 aromatic rings. The van der Waals surface area contributed by atoms with Crippen LogP contribution in [0.2, 0.25) is 0 Å². The van der Waals surface area contributed by atoms with Crippen LogP contribution in [0.5, 0.6) is 0 Å². The molecule has 0 bridgehead atoms. The zero-order valence-corrected chi connectivity index (χ0v) is 16.2. The van der Waals surface area contributed by atoms with Gasteiger partial charge in [-0.15, -0.1) is 0 Å². The molecule has 0 radical (unpaired) electrons. The van der Waals surface area contributed by atoms with Gasteiger partial charge < -0.3 is 9.84 Å². The Labute approximate surface area is 168 Å². The minimum atomic E-state index is -0.338. The molecule has 0 saturated heterocycles. The molecule has 1 N–H and O–H groups in total. The average Bonchev–Trinajstić information content (AvgIpc) is 3.39. The van der Waals surface area contributed by atoms with Gasteiger partial charge >= 0.3 is 0 Å². The predicted molar refractivity (Wildman–Crippen MR) is 108 cm³/mol. The summed E-state index contributed by atoms with van der Waals surface area (Å²) < 4.78 is 7.21. The molecule has 29 heavy (non-hydrogen) atoms. The number of hydrogen-bond donors (Lipinski definition) is 1. The number of pyridine rings is 1. The first kappa shape index (κ1) is 18.6. The minimum Gasteiger partial charge on any atom is -0.350 e. The van der Waals surface area contributed by atoms with Crippen LogP contribution in [0, 0.1) is 6.92 Å². The van der Waals surface area contributed by atoms with E-state index in [1.807, 2.05) is 61.0 Å². The summed E-state index contributed by atoms with van der Waals surface area (Å²) >= 11 is 0. The predicted octanol–water partition coefficient (Wildman–Crippen LogP) is 3.78. The fourth-order valence-corrected chi connectivity index (χ4v) is 3.29. The van der Waals surface area contributed by atoms with Crippen molar-refractivity contribution in [3.8, 4) is 11.3 Å². The van der Waals surface area contributed by atoms with E-state index in [1.165, 1.54) is 0 Å². The van der Waals surface area contributed by atoms with E-state index in [2.05, 4.69) is 20.6 Å². The van der Waals surface area contributed by atoms with Crippen LogP contribution in [-0.2, 0) is 6.54 Å². The van der Waals surface area contributed by atoms with Crippen LogP contribution in [0.25, 0.3) is 11.3 Å². The maximum atomic E-state index is 12.9. The average molecular weight is 387 g/mol. The summed E-state index contributed by atoms with van der Waals surface area (Å²) in [6.45, 7) is 4.76. The van der Waals surface area contributed by atoms with Crippen molar-refractivity contribution >= 4 is 5.91 Å². The Kier molecular flexibility index (Phi) is 5.20. The molecular weight excluding hydrogens is 366 g/mol. The number of aromatic nitrogens is 4. The van der Waals surface area contributed by atoms with Gasteiger partial charge in [-0.2, -0.15) is 5.10 Å². The van der Waals surface area contributed by atoms with E-state index in [-0.39, 0.29) is 17.7 Å². The topological polar surface area (TPSA) is 85.8 Å². The molecule has 0 aliphatic carbocycles. The molecule has 0 fully saturated rings. The van der Waals surface area contributed by atoms with E-state index in [9.17, 15) is 4.79 Å². The standard InChI is InChI=1S/C22H21N5O2/c1-3-27-15(2)18(14-24-27)19-13-20(29-26-19)22(28)25-21(16-7-5-4-6-8-16)17-9-11-23-12-10-17/h4-14,21H,3H2,1-2H3,(H,25,28). The lowest BCUT2D eigenvalue weighted by Gasteiger charge is -2.18. The van der Waals surface area contributed by atoms with Crippen LogP contribution in [0.15, 0.2) is 71.6 Å². The number of carbonyl (C=O) groups excluding carboxylic acids is 1. The summed E-state index contributed by atoms with van der Waals surface area (Å²) in [5, 5.41) is 11.4. The lowest BCUT2D eigenvalue weighted by atomic mass is 9.99. The molecule has 0 aliphatic rings. The van der Waals surface area contributed by atoms with E-state index >= 15 is 0 Å². The van der Waals surface area contributed by atoms with E-state index in [0.29, 0.717) is 5.69 Å². The van der Waals surface area contributed by atoms with Crippen LogP contribution >= 0.6 is 0 Å². The molecule has 1 aromatic carbocycles. The molecule has 4 rings (SSSR count). The summed E-state index contributed by atoms with van der Waals surface area (Å²) in [5.74, 6) is -0.186. The van der Waals surface area contributed by atoms with Crippen molar-refractivity contribution in [1.29, 1.82) is 0 Å². The van der Waals surface area contributed by atoms with Gasteiger partial charge in [-0.1, -0.05) is 35.5 Å². The molecule has 1 amide bonds. The van der Waals surface area contributed by atoms with Gasteiger partial charge in [0.1, 0.15) is 5.69 Å². The maximum absolute atomic E-state index is 12.9. The molecule has 3 aromatic heterocycles. The highest BCUT2D eigenvalue weighted by atomic mass is 16.5. The second kappa shape index (κ2) is 8.10. The molecule has 1 unspecified atom stereocenters. The van der Waals surface area contributed by atoms with Gasteiger partial charge in [-0.05, 0) is 37.1 Å². The lowest BCUT2D eigenvalue weighted by Crippen LogP contribution is -2.29. The number of benzene rings is 1. The number of nitrogens with one attached hydrogen (secondary N) is 1. The van der Waals surface area contributed by atoms with Gasteiger partial charge in [-0.25, -0.2) is 0 Å². The molecule has 0 saturated carbocycles. The first-order valence-electron chi connectivity index (χ1n) is 9.42. The van der Waals surface area contributed by atoms with E-state index < -0.39 is 0 Å². The number of aryl methyl sites for hydroxylation is 1.